The molecule has 1 heterocycles. The van der Waals surface area contributed by atoms with Crippen molar-refractivity contribution in [3.05, 3.63) is 65.5 Å². The summed E-state index contributed by atoms with van der Waals surface area (Å²) in [6.07, 6.45) is 6.08. The highest BCUT2D eigenvalue weighted by atomic mass is 32.2. The highest BCUT2D eigenvalue weighted by Gasteiger charge is 2.22. The molecule has 0 saturated heterocycles. The predicted molar refractivity (Wildman–Crippen MR) is 132 cm³/mol. The molecule has 33 heavy (non-hydrogen) atoms. The molecule has 0 bridgehead atoms. The van der Waals surface area contributed by atoms with E-state index in [4.69, 9.17) is 9.47 Å². The van der Waals surface area contributed by atoms with E-state index in [2.05, 4.69) is 21.5 Å². The second kappa shape index (κ2) is 13.2. The Morgan fingerprint density at radius 3 is 2.39 bits per heavy atom. The van der Waals surface area contributed by atoms with Crippen molar-refractivity contribution in [3.8, 4) is 0 Å². The van der Waals surface area contributed by atoms with Crippen LogP contribution in [0.25, 0.3) is 0 Å². The lowest BCUT2D eigenvalue weighted by molar-refractivity contribution is 0.0487. The van der Waals surface area contributed by atoms with E-state index in [0.717, 1.165) is 23.3 Å². The van der Waals surface area contributed by atoms with Gasteiger partial charge >= 0.3 is 12.1 Å². The van der Waals surface area contributed by atoms with E-state index in [1.165, 1.54) is 7.11 Å². The summed E-state index contributed by atoms with van der Waals surface area (Å²) in [4.78, 5) is 30.7. The number of nitrogens with one attached hydrogen (secondary N) is 1. The Balaban J connectivity index is 2.17. The number of rotatable bonds is 11. The van der Waals surface area contributed by atoms with E-state index in [9.17, 15) is 9.59 Å². The van der Waals surface area contributed by atoms with Crippen LogP contribution in [0.4, 0.5) is 4.79 Å². The van der Waals surface area contributed by atoms with Gasteiger partial charge in [-0.3, -0.25) is 9.88 Å². The van der Waals surface area contributed by atoms with Gasteiger partial charge in [0, 0.05) is 38.1 Å². The summed E-state index contributed by atoms with van der Waals surface area (Å²) in [6.45, 7) is 7.55. The third-order valence-electron chi connectivity index (χ3n) is 4.78. The van der Waals surface area contributed by atoms with Gasteiger partial charge in [0.15, 0.2) is 0 Å². The molecule has 8 heteroatoms. The lowest BCUT2D eigenvalue weighted by Crippen LogP contribution is -2.45. The van der Waals surface area contributed by atoms with Crippen molar-refractivity contribution in [2.45, 2.75) is 51.9 Å². The van der Waals surface area contributed by atoms with Crippen LogP contribution in [0.5, 0.6) is 0 Å². The second-order valence-corrected chi connectivity index (χ2v) is 9.83. The Bertz CT molecular complexity index is 869. The molecule has 0 aliphatic heterocycles. The number of ether oxygens (including phenoxy) is 2. The summed E-state index contributed by atoms with van der Waals surface area (Å²) in [7, 11) is 1.37. The molecular weight excluding hydrogens is 438 g/mol. The van der Waals surface area contributed by atoms with Crippen molar-refractivity contribution in [2.24, 2.45) is 0 Å². The van der Waals surface area contributed by atoms with Crippen molar-refractivity contribution in [2.75, 3.05) is 25.7 Å². The van der Waals surface area contributed by atoms with Gasteiger partial charge in [0.1, 0.15) is 5.60 Å². The van der Waals surface area contributed by atoms with Crippen molar-refractivity contribution < 1.29 is 19.1 Å². The van der Waals surface area contributed by atoms with E-state index < -0.39 is 11.7 Å². The van der Waals surface area contributed by atoms with Gasteiger partial charge in [0.2, 0.25) is 0 Å². The number of thioether (sulfide) groups is 1. The minimum atomic E-state index is -0.551. The van der Waals surface area contributed by atoms with Gasteiger partial charge in [0.25, 0.3) is 0 Å². The number of benzene rings is 1. The van der Waals surface area contributed by atoms with Crippen LogP contribution in [0.15, 0.2) is 48.8 Å². The fraction of sp³-hybridized carbons (Fsp3) is 0.480. The van der Waals surface area contributed by atoms with E-state index in [1.807, 2.05) is 51.2 Å². The van der Waals surface area contributed by atoms with Crippen LogP contribution in [-0.4, -0.2) is 59.3 Å². The maximum atomic E-state index is 12.4. The molecule has 7 nitrogen and oxygen atoms in total. The molecule has 0 saturated carbocycles. The lowest BCUT2D eigenvalue weighted by atomic mass is 10.1. The smallest absolute Gasteiger partial charge is 0.407 e. The third kappa shape index (κ3) is 10.3. The maximum Gasteiger partial charge on any atom is 0.407 e. The van der Waals surface area contributed by atoms with Gasteiger partial charge in [-0.05, 0) is 68.5 Å². The number of carbonyl (C=O) groups excluding carboxylic acids is 2. The number of hydrogen-bond acceptors (Lipinski definition) is 7. The van der Waals surface area contributed by atoms with Crippen LogP contribution < -0.4 is 5.32 Å². The zero-order valence-electron chi connectivity index (χ0n) is 20.2. The first-order valence-corrected chi connectivity index (χ1v) is 12.4. The van der Waals surface area contributed by atoms with Gasteiger partial charge in [-0.25, -0.2) is 9.59 Å². The first-order valence-electron chi connectivity index (χ1n) is 11.0. The summed E-state index contributed by atoms with van der Waals surface area (Å²) >= 11 is 1.75. The summed E-state index contributed by atoms with van der Waals surface area (Å²) < 4.78 is 10.3. The van der Waals surface area contributed by atoms with E-state index >= 15 is 0 Å². The van der Waals surface area contributed by atoms with Crippen molar-refractivity contribution in [3.63, 3.8) is 0 Å². The maximum absolute atomic E-state index is 12.4. The number of methoxy groups -OCH3 is 1. The molecular formula is C25H35N3O4S. The van der Waals surface area contributed by atoms with Gasteiger partial charge in [-0.2, -0.15) is 11.8 Å². The molecule has 1 aromatic heterocycles. The molecule has 0 aliphatic carbocycles. The Morgan fingerprint density at radius 2 is 1.82 bits per heavy atom. The number of hydrogen-bond donors (Lipinski definition) is 1. The van der Waals surface area contributed by atoms with Crippen LogP contribution >= 0.6 is 11.8 Å². The highest BCUT2D eigenvalue weighted by Crippen LogP contribution is 2.14. The monoisotopic (exact) mass is 473 g/mol. The summed E-state index contributed by atoms with van der Waals surface area (Å²) in [6, 6.07) is 11.3. The molecule has 1 aromatic carbocycles. The number of amides is 1. The van der Waals surface area contributed by atoms with Gasteiger partial charge < -0.3 is 14.8 Å². The van der Waals surface area contributed by atoms with Crippen molar-refractivity contribution >= 4 is 23.8 Å². The fourth-order valence-corrected chi connectivity index (χ4v) is 3.83. The second-order valence-electron chi connectivity index (χ2n) is 8.84. The molecule has 1 unspecified atom stereocenters. The summed E-state index contributed by atoms with van der Waals surface area (Å²) in [5.41, 5.74) is 2.12. The minimum absolute atomic E-state index is 0.0710. The lowest BCUT2D eigenvalue weighted by Gasteiger charge is -2.29. The number of alkyl carbamates (subject to hydrolysis) is 1. The van der Waals surface area contributed by atoms with Gasteiger partial charge in [0.05, 0.1) is 12.7 Å². The summed E-state index contributed by atoms with van der Waals surface area (Å²) in [5.74, 6) is 0.571. The van der Waals surface area contributed by atoms with Crippen LogP contribution in [0.3, 0.4) is 0 Å². The van der Waals surface area contributed by atoms with E-state index in [-0.39, 0.29) is 12.0 Å². The van der Waals surface area contributed by atoms with E-state index in [0.29, 0.717) is 25.2 Å². The number of nitrogens with zero attached hydrogens (tertiary/aromatic N) is 2. The number of aromatic nitrogens is 1. The third-order valence-corrected chi connectivity index (χ3v) is 5.42. The quantitative estimate of drug-likeness (QED) is 0.481. The first-order chi connectivity index (χ1) is 15.7. The van der Waals surface area contributed by atoms with Crippen LogP contribution in [0.2, 0.25) is 0 Å². The Morgan fingerprint density at radius 1 is 1.12 bits per heavy atom. The van der Waals surface area contributed by atoms with Crippen molar-refractivity contribution in [1.82, 2.24) is 15.2 Å². The average molecular weight is 474 g/mol. The zero-order valence-corrected chi connectivity index (χ0v) is 21.0. The molecule has 1 atom stereocenters. The predicted octanol–water partition coefficient (Wildman–Crippen LogP) is 4.52. The molecule has 1 N–H and O–H groups in total. The Hall–Kier alpha value is -2.58. The summed E-state index contributed by atoms with van der Waals surface area (Å²) in [5, 5.41) is 3.05. The minimum Gasteiger partial charge on any atom is -0.465 e. The standard InChI is InChI=1S/C25H35N3O4S/c1-25(2,3)32-24(30)27-22(12-14-33-5)18-28(17-20-7-6-13-26-15-20)16-19-8-10-21(11-9-19)23(29)31-4/h6-11,13,15,22H,12,14,16-18H2,1-5H3,(H,27,30). The molecule has 180 valence electrons. The molecule has 2 rings (SSSR count). The molecule has 0 aliphatic rings. The number of pyridine rings is 1. The van der Waals surface area contributed by atoms with Gasteiger partial charge in [-0.15, -0.1) is 0 Å². The Kier molecular flexibility index (Phi) is 10.7. The van der Waals surface area contributed by atoms with Crippen LogP contribution in [-0.2, 0) is 22.6 Å². The number of esters is 1. The molecule has 1 amide bonds. The SMILES string of the molecule is COC(=O)c1ccc(CN(Cc2cccnc2)CC(CCSC)NC(=O)OC(C)(C)C)cc1. The molecule has 2 aromatic rings. The van der Waals surface area contributed by atoms with Crippen molar-refractivity contribution in [1.29, 1.82) is 0 Å². The van der Waals surface area contributed by atoms with Gasteiger partial charge in [-0.1, -0.05) is 18.2 Å². The molecule has 0 radical (unpaired) electrons. The van der Waals surface area contributed by atoms with E-state index in [1.54, 1.807) is 30.1 Å². The molecule has 0 fully saturated rings. The zero-order chi connectivity index (χ0) is 24.3. The molecule has 0 spiro atoms. The highest BCUT2D eigenvalue weighted by molar-refractivity contribution is 7.98. The first kappa shape index (κ1) is 26.7. The Labute approximate surface area is 201 Å². The normalized spacial score (nSPS) is 12.3. The van der Waals surface area contributed by atoms with Crippen LogP contribution in [0.1, 0.15) is 48.7 Å². The fourth-order valence-electron chi connectivity index (χ4n) is 3.31. The largest absolute Gasteiger partial charge is 0.465 e. The topological polar surface area (TPSA) is 80.8 Å². The average Bonchev–Trinajstić information content (AvgIpc) is 2.76. The number of carbonyl (C=O) groups is 2. The van der Waals surface area contributed by atoms with Crippen LogP contribution in [0, 0.1) is 0 Å².